The van der Waals surface area contributed by atoms with Crippen LogP contribution in [0.2, 0.25) is 0 Å². The highest BCUT2D eigenvalue weighted by Gasteiger charge is 2.20. The third kappa shape index (κ3) is 5.44. The summed E-state index contributed by atoms with van der Waals surface area (Å²) >= 11 is 0. The second kappa shape index (κ2) is 8.72. The Hall–Kier alpha value is -3.11. The van der Waals surface area contributed by atoms with Crippen molar-refractivity contribution in [3.05, 3.63) is 68.8 Å². The van der Waals surface area contributed by atoms with E-state index in [-0.39, 0.29) is 10.6 Å². The Morgan fingerprint density at radius 2 is 1.82 bits per heavy atom. The van der Waals surface area contributed by atoms with Crippen LogP contribution in [0.15, 0.2) is 46.4 Å². The van der Waals surface area contributed by atoms with Crippen molar-refractivity contribution in [3.8, 4) is 0 Å². The van der Waals surface area contributed by atoms with Gasteiger partial charge in [-0.05, 0) is 31.9 Å². The molecular formula is C18H20N4O5S. The molecule has 0 aliphatic heterocycles. The van der Waals surface area contributed by atoms with E-state index in [9.17, 15) is 23.3 Å². The number of amides is 1. The summed E-state index contributed by atoms with van der Waals surface area (Å²) < 4.78 is 27.2. The van der Waals surface area contributed by atoms with Crippen molar-refractivity contribution >= 4 is 27.8 Å². The number of nitrogens with zero attached hydrogens (tertiary/aromatic N) is 2. The lowest BCUT2D eigenvalue weighted by Crippen LogP contribution is -2.35. The third-order valence-electron chi connectivity index (χ3n) is 3.78. The predicted molar refractivity (Wildman–Crippen MR) is 105 cm³/mol. The SMILES string of the molecule is Cc1cc(C)c(S(=O)(=O)NCC(=O)N/N=C\c2cccc([N+](=O)[O-])c2)c(C)c1. The van der Waals surface area contributed by atoms with Gasteiger partial charge in [0.2, 0.25) is 10.0 Å². The molecule has 28 heavy (non-hydrogen) atoms. The molecule has 0 unspecified atom stereocenters. The summed E-state index contributed by atoms with van der Waals surface area (Å²) in [6.45, 7) is 4.76. The Morgan fingerprint density at radius 3 is 2.43 bits per heavy atom. The number of hydrogen-bond donors (Lipinski definition) is 2. The van der Waals surface area contributed by atoms with Crippen molar-refractivity contribution in [2.45, 2.75) is 25.7 Å². The molecule has 0 radical (unpaired) electrons. The van der Waals surface area contributed by atoms with Crippen molar-refractivity contribution in [1.29, 1.82) is 0 Å². The summed E-state index contributed by atoms with van der Waals surface area (Å²) in [6, 6.07) is 9.20. The Bertz CT molecular complexity index is 1020. The Kier molecular flexibility index (Phi) is 6.60. The summed E-state index contributed by atoms with van der Waals surface area (Å²) in [5, 5.41) is 14.4. The van der Waals surface area contributed by atoms with E-state index in [1.54, 1.807) is 32.0 Å². The zero-order valence-electron chi connectivity index (χ0n) is 15.6. The van der Waals surface area contributed by atoms with E-state index in [1.807, 2.05) is 6.92 Å². The average Bonchev–Trinajstić information content (AvgIpc) is 2.59. The standard InChI is InChI=1S/C18H20N4O5S/c1-12-7-13(2)18(14(3)8-12)28(26,27)20-11-17(23)21-19-10-15-5-4-6-16(9-15)22(24)25/h4-10,20H,11H2,1-3H3,(H,21,23)/b19-10-. The lowest BCUT2D eigenvalue weighted by molar-refractivity contribution is -0.384. The van der Waals surface area contributed by atoms with Gasteiger partial charge >= 0.3 is 0 Å². The number of carbonyl (C=O) groups is 1. The van der Waals surface area contributed by atoms with Gasteiger partial charge in [-0.15, -0.1) is 0 Å². The number of sulfonamides is 1. The van der Waals surface area contributed by atoms with E-state index in [0.717, 1.165) is 5.56 Å². The minimum absolute atomic E-state index is 0.105. The Balaban J connectivity index is 1.99. The first-order valence-electron chi connectivity index (χ1n) is 8.24. The van der Waals surface area contributed by atoms with E-state index in [4.69, 9.17) is 0 Å². The van der Waals surface area contributed by atoms with Crippen molar-refractivity contribution in [2.75, 3.05) is 6.54 Å². The van der Waals surface area contributed by atoms with Crippen molar-refractivity contribution < 1.29 is 18.1 Å². The Morgan fingerprint density at radius 1 is 1.18 bits per heavy atom. The predicted octanol–water partition coefficient (Wildman–Crippen LogP) is 1.95. The van der Waals surface area contributed by atoms with Crippen LogP contribution >= 0.6 is 0 Å². The van der Waals surface area contributed by atoms with Crippen molar-refractivity contribution in [2.24, 2.45) is 5.10 Å². The molecule has 0 saturated heterocycles. The van der Waals surface area contributed by atoms with E-state index < -0.39 is 27.4 Å². The number of rotatable bonds is 7. The summed E-state index contributed by atoms with van der Waals surface area (Å²) in [6.07, 6.45) is 1.23. The highest BCUT2D eigenvalue weighted by Crippen LogP contribution is 2.21. The van der Waals surface area contributed by atoms with Gasteiger partial charge in [-0.2, -0.15) is 5.10 Å². The monoisotopic (exact) mass is 404 g/mol. The number of aryl methyl sites for hydroxylation is 3. The Labute approximate surface area is 162 Å². The van der Waals surface area contributed by atoms with Gasteiger partial charge in [0, 0.05) is 17.7 Å². The van der Waals surface area contributed by atoms with Crippen LogP contribution in [0.1, 0.15) is 22.3 Å². The molecule has 2 aromatic carbocycles. The van der Waals surface area contributed by atoms with Crippen molar-refractivity contribution in [3.63, 3.8) is 0 Å². The molecule has 0 bridgehead atoms. The molecule has 9 nitrogen and oxygen atoms in total. The smallest absolute Gasteiger partial charge is 0.270 e. The molecule has 0 aliphatic rings. The van der Waals surface area contributed by atoms with Gasteiger partial charge in [0.05, 0.1) is 22.6 Å². The second-order valence-corrected chi connectivity index (χ2v) is 7.90. The number of hydrazone groups is 1. The molecule has 0 fully saturated rings. The van der Waals surface area contributed by atoms with Gasteiger partial charge in [-0.3, -0.25) is 14.9 Å². The maximum atomic E-state index is 12.5. The van der Waals surface area contributed by atoms with Crippen LogP contribution in [-0.4, -0.2) is 32.0 Å². The molecular weight excluding hydrogens is 384 g/mol. The summed E-state index contributed by atoms with van der Waals surface area (Å²) in [7, 11) is -3.86. The first-order chi connectivity index (χ1) is 13.1. The topological polar surface area (TPSA) is 131 Å². The van der Waals surface area contributed by atoms with Gasteiger partial charge < -0.3 is 0 Å². The van der Waals surface area contributed by atoms with E-state index in [1.165, 1.54) is 24.4 Å². The largest absolute Gasteiger partial charge is 0.272 e. The number of nitrogens with one attached hydrogen (secondary N) is 2. The van der Waals surface area contributed by atoms with Crippen LogP contribution in [0.25, 0.3) is 0 Å². The fourth-order valence-electron chi connectivity index (χ4n) is 2.76. The van der Waals surface area contributed by atoms with Gasteiger partial charge in [0.15, 0.2) is 0 Å². The zero-order valence-corrected chi connectivity index (χ0v) is 16.4. The number of nitro benzene ring substituents is 1. The van der Waals surface area contributed by atoms with E-state index in [0.29, 0.717) is 16.7 Å². The van der Waals surface area contributed by atoms with Gasteiger partial charge in [0.25, 0.3) is 11.6 Å². The lowest BCUT2D eigenvalue weighted by Gasteiger charge is -2.12. The van der Waals surface area contributed by atoms with Gasteiger partial charge in [-0.25, -0.2) is 18.6 Å². The number of non-ortho nitro benzene ring substituents is 1. The van der Waals surface area contributed by atoms with Crippen LogP contribution in [-0.2, 0) is 14.8 Å². The summed E-state index contributed by atoms with van der Waals surface area (Å²) in [5.41, 5.74) is 4.62. The molecule has 0 atom stereocenters. The molecule has 10 heteroatoms. The molecule has 2 N–H and O–H groups in total. The molecule has 0 heterocycles. The molecule has 2 rings (SSSR count). The summed E-state index contributed by atoms with van der Waals surface area (Å²) in [5.74, 6) is -0.673. The van der Waals surface area contributed by atoms with Crippen LogP contribution in [0.3, 0.4) is 0 Å². The number of carbonyl (C=O) groups excluding carboxylic acids is 1. The number of benzene rings is 2. The van der Waals surface area contributed by atoms with Crippen LogP contribution in [0.5, 0.6) is 0 Å². The highest BCUT2D eigenvalue weighted by molar-refractivity contribution is 7.89. The quantitative estimate of drug-likeness (QED) is 0.414. The molecule has 0 spiro atoms. The average molecular weight is 404 g/mol. The normalized spacial score (nSPS) is 11.5. The third-order valence-corrected chi connectivity index (χ3v) is 5.49. The van der Waals surface area contributed by atoms with Gasteiger partial charge in [0.1, 0.15) is 0 Å². The fraction of sp³-hybridized carbons (Fsp3) is 0.222. The minimum Gasteiger partial charge on any atom is -0.272 e. The minimum atomic E-state index is -3.86. The molecule has 0 aliphatic carbocycles. The molecule has 1 amide bonds. The first kappa shape index (κ1) is 21.2. The first-order valence-corrected chi connectivity index (χ1v) is 9.72. The van der Waals surface area contributed by atoms with Crippen LogP contribution in [0, 0.1) is 30.9 Å². The zero-order chi connectivity index (χ0) is 20.9. The van der Waals surface area contributed by atoms with Crippen molar-refractivity contribution in [1.82, 2.24) is 10.1 Å². The van der Waals surface area contributed by atoms with E-state index >= 15 is 0 Å². The molecule has 148 valence electrons. The van der Waals surface area contributed by atoms with Crippen LogP contribution < -0.4 is 10.1 Å². The second-order valence-electron chi connectivity index (χ2n) is 6.20. The molecule has 0 saturated carbocycles. The van der Waals surface area contributed by atoms with Gasteiger partial charge in [-0.1, -0.05) is 29.8 Å². The summed E-state index contributed by atoms with van der Waals surface area (Å²) in [4.78, 5) is 22.2. The maximum Gasteiger partial charge on any atom is 0.270 e. The lowest BCUT2D eigenvalue weighted by atomic mass is 10.1. The maximum absolute atomic E-state index is 12.5. The highest BCUT2D eigenvalue weighted by atomic mass is 32.2. The number of hydrogen-bond acceptors (Lipinski definition) is 6. The number of nitro groups is 1. The van der Waals surface area contributed by atoms with E-state index in [2.05, 4.69) is 15.2 Å². The molecule has 2 aromatic rings. The van der Waals surface area contributed by atoms with Crippen LogP contribution in [0.4, 0.5) is 5.69 Å². The molecule has 0 aromatic heterocycles. The fourth-order valence-corrected chi connectivity index (χ4v) is 4.19.